The lowest BCUT2D eigenvalue weighted by atomic mass is 10.1. The third kappa shape index (κ3) is 3.80. The van der Waals surface area contributed by atoms with Crippen LogP contribution in [0.15, 0.2) is 52.2 Å². The zero-order valence-corrected chi connectivity index (χ0v) is 14.1. The van der Waals surface area contributed by atoms with Gasteiger partial charge in [0.1, 0.15) is 5.69 Å². The van der Waals surface area contributed by atoms with E-state index in [0.29, 0.717) is 16.8 Å². The number of pyridine rings is 1. The van der Waals surface area contributed by atoms with Crippen molar-refractivity contribution < 1.29 is 9.21 Å². The minimum atomic E-state index is -0.116. The number of aromatic nitrogens is 3. The lowest BCUT2D eigenvalue weighted by Crippen LogP contribution is -2.15. The van der Waals surface area contributed by atoms with Crippen molar-refractivity contribution in [2.75, 3.05) is 11.1 Å². The third-order valence-electron chi connectivity index (χ3n) is 3.36. The predicted molar refractivity (Wildman–Crippen MR) is 92.8 cm³/mol. The smallest absolute Gasteiger partial charge is 0.277 e. The number of nitrogens with one attached hydrogen (secondary N) is 1. The molecule has 0 atom stereocenters. The molecule has 0 radical (unpaired) electrons. The van der Waals surface area contributed by atoms with Gasteiger partial charge < -0.3 is 9.73 Å². The van der Waals surface area contributed by atoms with Gasteiger partial charge in [0.05, 0.1) is 5.75 Å². The van der Waals surface area contributed by atoms with E-state index < -0.39 is 0 Å². The fourth-order valence-corrected chi connectivity index (χ4v) is 2.74. The molecule has 0 saturated heterocycles. The molecule has 0 aliphatic rings. The molecule has 1 N–H and O–H groups in total. The van der Waals surface area contributed by atoms with Crippen LogP contribution >= 0.6 is 11.8 Å². The molecule has 0 bridgehead atoms. The van der Waals surface area contributed by atoms with E-state index >= 15 is 0 Å². The van der Waals surface area contributed by atoms with Crippen LogP contribution in [0.1, 0.15) is 11.1 Å². The molecule has 0 fully saturated rings. The highest BCUT2D eigenvalue weighted by Gasteiger charge is 2.13. The summed E-state index contributed by atoms with van der Waals surface area (Å²) in [6.07, 6.45) is 1.66. The van der Waals surface area contributed by atoms with E-state index in [9.17, 15) is 4.79 Å². The summed E-state index contributed by atoms with van der Waals surface area (Å²) in [6, 6.07) is 11.3. The van der Waals surface area contributed by atoms with Gasteiger partial charge in [-0.05, 0) is 37.1 Å². The van der Waals surface area contributed by atoms with Crippen LogP contribution in [0.25, 0.3) is 11.6 Å². The van der Waals surface area contributed by atoms with E-state index in [0.717, 1.165) is 16.8 Å². The number of amides is 1. The summed E-state index contributed by atoms with van der Waals surface area (Å²) in [7, 11) is 0. The zero-order valence-electron chi connectivity index (χ0n) is 13.3. The number of benzene rings is 1. The first kappa shape index (κ1) is 16.2. The summed E-state index contributed by atoms with van der Waals surface area (Å²) in [6.45, 7) is 3.93. The summed E-state index contributed by atoms with van der Waals surface area (Å²) in [4.78, 5) is 16.3. The lowest BCUT2D eigenvalue weighted by molar-refractivity contribution is -0.113. The fraction of sp³-hybridized carbons (Fsp3) is 0.176. The number of carbonyl (C=O) groups is 1. The molecule has 7 heteroatoms. The zero-order chi connectivity index (χ0) is 16.9. The van der Waals surface area contributed by atoms with Gasteiger partial charge in [0, 0.05) is 11.9 Å². The van der Waals surface area contributed by atoms with Crippen molar-refractivity contribution in [3.05, 3.63) is 53.7 Å². The Morgan fingerprint density at radius 1 is 1.12 bits per heavy atom. The summed E-state index contributed by atoms with van der Waals surface area (Å²) >= 11 is 1.19. The Balaban J connectivity index is 1.60. The molecule has 0 aliphatic carbocycles. The van der Waals surface area contributed by atoms with E-state index in [1.807, 2.05) is 44.2 Å². The molecule has 1 aromatic carbocycles. The maximum Gasteiger partial charge on any atom is 0.277 e. The molecule has 1 amide bonds. The highest BCUT2D eigenvalue weighted by molar-refractivity contribution is 7.99. The molecule has 24 heavy (non-hydrogen) atoms. The second-order valence-electron chi connectivity index (χ2n) is 5.19. The monoisotopic (exact) mass is 340 g/mol. The number of hydrogen-bond acceptors (Lipinski definition) is 6. The number of anilines is 1. The van der Waals surface area contributed by atoms with Crippen molar-refractivity contribution in [3.8, 4) is 11.6 Å². The number of para-hydroxylation sites is 1. The van der Waals surface area contributed by atoms with Crippen LogP contribution in [-0.2, 0) is 4.79 Å². The van der Waals surface area contributed by atoms with Gasteiger partial charge in [0.2, 0.25) is 5.91 Å². The second kappa shape index (κ2) is 7.27. The van der Waals surface area contributed by atoms with Gasteiger partial charge in [0.15, 0.2) is 0 Å². The highest BCUT2D eigenvalue weighted by atomic mass is 32.2. The molecule has 0 unspecified atom stereocenters. The van der Waals surface area contributed by atoms with E-state index in [4.69, 9.17) is 4.42 Å². The first-order valence-corrected chi connectivity index (χ1v) is 8.36. The van der Waals surface area contributed by atoms with Crippen molar-refractivity contribution in [1.29, 1.82) is 0 Å². The van der Waals surface area contributed by atoms with E-state index in [1.54, 1.807) is 12.3 Å². The summed E-state index contributed by atoms with van der Waals surface area (Å²) < 4.78 is 5.52. The van der Waals surface area contributed by atoms with Gasteiger partial charge in [0.25, 0.3) is 11.1 Å². The minimum Gasteiger partial charge on any atom is -0.410 e. The van der Waals surface area contributed by atoms with Crippen LogP contribution < -0.4 is 5.32 Å². The topological polar surface area (TPSA) is 80.9 Å². The number of nitrogens with zero attached hydrogens (tertiary/aromatic N) is 3. The number of rotatable bonds is 5. The summed E-state index contributed by atoms with van der Waals surface area (Å²) in [5.41, 5.74) is 3.52. The van der Waals surface area contributed by atoms with Crippen molar-refractivity contribution in [3.63, 3.8) is 0 Å². The number of aryl methyl sites for hydroxylation is 2. The van der Waals surface area contributed by atoms with E-state index in [2.05, 4.69) is 20.5 Å². The fourth-order valence-electron chi connectivity index (χ4n) is 2.18. The second-order valence-corrected chi connectivity index (χ2v) is 6.12. The Kier molecular flexibility index (Phi) is 4.90. The molecule has 3 aromatic rings. The largest absolute Gasteiger partial charge is 0.410 e. The van der Waals surface area contributed by atoms with Crippen LogP contribution in [0.2, 0.25) is 0 Å². The molecule has 0 saturated carbocycles. The molecule has 2 heterocycles. The van der Waals surface area contributed by atoms with Gasteiger partial charge in [-0.15, -0.1) is 10.2 Å². The Morgan fingerprint density at radius 3 is 2.62 bits per heavy atom. The van der Waals surface area contributed by atoms with E-state index in [-0.39, 0.29) is 11.7 Å². The number of thioether (sulfide) groups is 1. The Labute approximate surface area is 143 Å². The van der Waals surface area contributed by atoms with Crippen LogP contribution in [0.3, 0.4) is 0 Å². The predicted octanol–water partition coefficient (Wildman–Crippen LogP) is 3.48. The first-order chi connectivity index (χ1) is 11.6. The maximum absolute atomic E-state index is 12.1. The molecule has 3 rings (SSSR count). The number of hydrogen-bond donors (Lipinski definition) is 1. The van der Waals surface area contributed by atoms with Gasteiger partial charge in [-0.1, -0.05) is 36.0 Å². The normalized spacial score (nSPS) is 10.6. The first-order valence-electron chi connectivity index (χ1n) is 7.37. The van der Waals surface area contributed by atoms with Gasteiger partial charge in [-0.2, -0.15) is 0 Å². The van der Waals surface area contributed by atoms with Crippen LogP contribution in [0, 0.1) is 13.8 Å². The van der Waals surface area contributed by atoms with Crippen molar-refractivity contribution in [2.45, 2.75) is 19.1 Å². The summed E-state index contributed by atoms with van der Waals surface area (Å²) in [5.74, 6) is 0.417. The third-order valence-corrected chi connectivity index (χ3v) is 4.18. The average molecular weight is 340 g/mol. The standard InChI is InChI=1S/C17H16N4O2S/c1-11-6-5-7-12(2)15(11)19-14(22)10-24-17-21-20-16(23-17)13-8-3-4-9-18-13/h3-9H,10H2,1-2H3,(H,19,22). The van der Waals surface area contributed by atoms with Gasteiger partial charge >= 0.3 is 0 Å². The highest BCUT2D eigenvalue weighted by Crippen LogP contribution is 2.23. The van der Waals surface area contributed by atoms with Gasteiger partial charge in [-0.3, -0.25) is 9.78 Å². The van der Waals surface area contributed by atoms with Crippen molar-refractivity contribution in [1.82, 2.24) is 15.2 Å². The SMILES string of the molecule is Cc1cccc(C)c1NC(=O)CSc1nnc(-c2ccccn2)o1. The molecule has 122 valence electrons. The molecule has 0 spiro atoms. The lowest BCUT2D eigenvalue weighted by Gasteiger charge is -2.10. The molecule has 2 aromatic heterocycles. The van der Waals surface area contributed by atoms with Crippen LogP contribution in [0.5, 0.6) is 0 Å². The van der Waals surface area contributed by atoms with Crippen molar-refractivity contribution >= 4 is 23.4 Å². The average Bonchev–Trinajstić information content (AvgIpc) is 3.06. The van der Waals surface area contributed by atoms with Crippen LogP contribution in [-0.4, -0.2) is 26.8 Å². The number of carbonyl (C=O) groups excluding carboxylic acids is 1. The summed E-state index contributed by atoms with van der Waals surface area (Å²) in [5, 5.41) is 11.1. The Morgan fingerprint density at radius 2 is 1.92 bits per heavy atom. The van der Waals surface area contributed by atoms with Gasteiger partial charge in [-0.25, -0.2) is 0 Å². The molecular weight excluding hydrogens is 324 g/mol. The van der Waals surface area contributed by atoms with E-state index in [1.165, 1.54) is 11.8 Å². The molecular formula is C17H16N4O2S. The Hall–Kier alpha value is -2.67. The Bertz CT molecular complexity index is 829. The molecule has 6 nitrogen and oxygen atoms in total. The maximum atomic E-state index is 12.1. The molecule has 0 aliphatic heterocycles. The quantitative estimate of drug-likeness (QED) is 0.716. The van der Waals surface area contributed by atoms with Crippen LogP contribution in [0.4, 0.5) is 5.69 Å². The minimum absolute atomic E-state index is 0.116. The van der Waals surface area contributed by atoms with Crippen molar-refractivity contribution in [2.24, 2.45) is 0 Å².